The van der Waals surface area contributed by atoms with Gasteiger partial charge in [0, 0.05) is 46.2 Å². The van der Waals surface area contributed by atoms with Gasteiger partial charge in [-0.2, -0.15) is 4.89 Å². The Morgan fingerprint density at radius 2 is 1.89 bits per heavy atom. The number of aromatic nitrogens is 1. The maximum Gasteiger partial charge on any atom is 0.338 e. The van der Waals surface area contributed by atoms with Gasteiger partial charge in [0.2, 0.25) is 11.7 Å². The predicted molar refractivity (Wildman–Crippen MR) is 138 cm³/mol. The number of aryl methyl sites for hydroxylation is 1. The molecule has 0 aliphatic carbocycles. The molecule has 0 bridgehead atoms. The number of halogens is 1. The fourth-order valence-electron chi connectivity index (χ4n) is 4.64. The Balaban J connectivity index is 1.38. The van der Waals surface area contributed by atoms with E-state index in [0.717, 1.165) is 17.8 Å². The number of ether oxygens (including phenoxy) is 2. The number of hydrogen-bond donors (Lipinski definition) is 0. The summed E-state index contributed by atoms with van der Waals surface area (Å²) < 4.78 is 11.3. The number of benzene rings is 1. The van der Waals surface area contributed by atoms with Crippen molar-refractivity contribution in [3.05, 3.63) is 53.2 Å². The van der Waals surface area contributed by atoms with Crippen molar-refractivity contribution in [2.24, 2.45) is 5.92 Å². The van der Waals surface area contributed by atoms with E-state index >= 15 is 0 Å². The molecule has 2 saturated heterocycles. The summed E-state index contributed by atoms with van der Waals surface area (Å²) in [4.78, 5) is 44.8. The number of cyclic esters (lactones) is 1. The van der Waals surface area contributed by atoms with Gasteiger partial charge >= 0.3 is 5.97 Å². The number of piperazine rings is 1. The largest absolute Gasteiger partial charge is 0.432 e. The van der Waals surface area contributed by atoms with Gasteiger partial charge in [-0.05, 0) is 56.0 Å². The van der Waals surface area contributed by atoms with Crippen molar-refractivity contribution in [1.29, 1.82) is 0 Å². The second-order valence-electron chi connectivity index (χ2n) is 9.64. The van der Waals surface area contributed by atoms with Gasteiger partial charge in [-0.1, -0.05) is 23.7 Å². The number of anilines is 1. The molecule has 0 spiro atoms. The Morgan fingerprint density at radius 1 is 1.16 bits per heavy atom. The first-order valence-electron chi connectivity index (χ1n) is 12.7. The zero-order chi connectivity index (χ0) is 26.4. The van der Waals surface area contributed by atoms with E-state index in [1.807, 2.05) is 48.2 Å². The lowest BCUT2D eigenvalue weighted by atomic mass is 9.92. The quantitative estimate of drug-likeness (QED) is 0.258. The average Bonchev–Trinajstić information content (AvgIpc) is 3.17. The number of hydrogen-bond acceptors (Lipinski definition) is 8. The van der Waals surface area contributed by atoms with Crippen molar-refractivity contribution in [1.82, 2.24) is 9.88 Å². The summed E-state index contributed by atoms with van der Waals surface area (Å²) in [5, 5.41) is 0.585. The van der Waals surface area contributed by atoms with Crippen LogP contribution in [0.15, 0.2) is 42.6 Å². The van der Waals surface area contributed by atoms with E-state index in [1.54, 1.807) is 20.0 Å². The summed E-state index contributed by atoms with van der Waals surface area (Å²) >= 11 is 5.96. The molecule has 2 aliphatic heterocycles. The minimum Gasteiger partial charge on any atom is -0.432 e. The average molecular weight is 532 g/mol. The van der Waals surface area contributed by atoms with Crippen LogP contribution in [0.2, 0.25) is 5.02 Å². The summed E-state index contributed by atoms with van der Waals surface area (Å²) in [5.41, 5.74) is 1.11. The van der Waals surface area contributed by atoms with E-state index in [2.05, 4.69) is 9.88 Å². The Kier molecular flexibility index (Phi) is 8.89. The van der Waals surface area contributed by atoms with Crippen LogP contribution in [0.1, 0.15) is 39.2 Å². The van der Waals surface area contributed by atoms with Crippen molar-refractivity contribution in [2.75, 3.05) is 37.7 Å². The first-order chi connectivity index (χ1) is 17.8. The molecule has 1 aromatic carbocycles. The van der Waals surface area contributed by atoms with Gasteiger partial charge in [-0.3, -0.25) is 4.79 Å². The van der Waals surface area contributed by atoms with Gasteiger partial charge in [0.1, 0.15) is 5.82 Å². The maximum atomic E-state index is 13.7. The predicted octanol–water partition coefficient (Wildman–Crippen LogP) is 4.03. The maximum absolute atomic E-state index is 13.7. The van der Waals surface area contributed by atoms with Crippen LogP contribution in [-0.4, -0.2) is 66.4 Å². The van der Waals surface area contributed by atoms with E-state index in [1.165, 1.54) is 0 Å². The molecule has 200 valence electrons. The van der Waals surface area contributed by atoms with Crippen LogP contribution in [0.5, 0.6) is 5.75 Å². The zero-order valence-electron chi connectivity index (χ0n) is 21.5. The highest BCUT2D eigenvalue weighted by atomic mass is 35.5. The van der Waals surface area contributed by atoms with Crippen LogP contribution in [0.4, 0.5) is 5.82 Å². The minimum atomic E-state index is -1.05. The molecule has 2 fully saturated rings. The molecule has 9 nitrogen and oxygen atoms in total. The number of nitrogens with zero attached hydrogens (tertiary/aromatic N) is 3. The molecule has 0 unspecified atom stereocenters. The normalized spacial score (nSPS) is 20.0. The highest BCUT2D eigenvalue weighted by Gasteiger charge is 2.48. The summed E-state index contributed by atoms with van der Waals surface area (Å²) in [6.07, 6.45) is 2.67. The molecule has 2 atom stereocenters. The van der Waals surface area contributed by atoms with Gasteiger partial charge in [-0.25, -0.2) is 9.78 Å². The highest BCUT2D eigenvalue weighted by Crippen LogP contribution is 2.32. The summed E-state index contributed by atoms with van der Waals surface area (Å²) in [5.74, 6) is -0.759. The molecule has 4 rings (SSSR count). The second-order valence-corrected chi connectivity index (χ2v) is 10.1. The summed E-state index contributed by atoms with van der Waals surface area (Å²) in [6.45, 7) is 8.06. The molecular weight excluding hydrogens is 498 g/mol. The third kappa shape index (κ3) is 7.12. The SMILES string of the molecule is CCOOc1ccc(CCC[C@@H](C(=O)N2CCN(c3ccc(Cl)cn3)CC2)[C@@H]2OC(C)(C)OC2=O)cc1. The molecule has 1 amide bonds. The smallest absolute Gasteiger partial charge is 0.338 e. The van der Waals surface area contributed by atoms with E-state index < -0.39 is 23.8 Å². The van der Waals surface area contributed by atoms with E-state index in [9.17, 15) is 9.59 Å². The molecule has 0 radical (unpaired) electrons. The van der Waals surface area contributed by atoms with Gasteiger partial charge in [-0.15, -0.1) is 0 Å². The van der Waals surface area contributed by atoms with Crippen LogP contribution >= 0.6 is 11.6 Å². The number of carbonyl (C=O) groups excluding carboxylic acids is 2. The van der Waals surface area contributed by atoms with Crippen molar-refractivity contribution < 1.29 is 28.8 Å². The van der Waals surface area contributed by atoms with E-state index in [-0.39, 0.29) is 5.91 Å². The van der Waals surface area contributed by atoms with Gasteiger partial charge < -0.3 is 24.2 Å². The molecule has 2 aromatic rings. The first-order valence-corrected chi connectivity index (χ1v) is 13.1. The molecule has 0 saturated carbocycles. The monoisotopic (exact) mass is 531 g/mol. The number of amides is 1. The van der Waals surface area contributed by atoms with Crippen LogP contribution in [0.25, 0.3) is 0 Å². The van der Waals surface area contributed by atoms with Crippen molar-refractivity contribution in [2.45, 2.75) is 51.9 Å². The third-order valence-corrected chi connectivity index (χ3v) is 6.70. The van der Waals surface area contributed by atoms with Crippen LogP contribution in [-0.2, 0) is 30.4 Å². The lowest BCUT2D eigenvalue weighted by molar-refractivity contribution is -0.202. The molecule has 0 N–H and O–H groups in total. The van der Waals surface area contributed by atoms with Gasteiger partial charge in [0.25, 0.3) is 0 Å². The van der Waals surface area contributed by atoms with Gasteiger partial charge in [0.05, 0.1) is 17.5 Å². The Hall–Kier alpha value is -2.88. The van der Waals surface area contributed by atoms with Crippen molar-refractivity contribution >= 4 is 29.3 Å². The zero-order valence-corrected chi connectivity index (χ0v) is 22.3. The van der Waals surface area contributed by atoms with E-state index in [0.29, 0.717) is 56.4 Å². The Labute approximate surface area is 222 Å². The Morgan fingerprint density at radius 3 is 2.49 bits per heavy atom. The van der Waals surface area contributed by atoms with Crippen molar-refractivity contribution in [3.63, 3.8) is 0 Å². The molecule has 2 aliphatic rings. The Bertz CT molecular complexity index is 1050. The van der Waals surface area contributed by atoms with Crippen molar-refractivity contribution in [3.8, 4) is 5.75 Å². The second kappa shape index (κ2) is 12.1. The summed E-state index contributed by atoms with van der Waals surface area (Å²) in [7, 11) is 0. The number of esters is 1. The molecule has 10 heteroatoms. The number of rotatable bonds is 10. The molecule has 37 heavy (non-hydrogen) atoms. The topological polar surface area (TPSA) is 90.4 Å². The minimum absolute atomic E-state index is 0.0798. The standard InChI is InChI=1S/C27H34ClN3O6/c1-4-34-37-21-11-8-19(9-12-21)6-5-7-22(24-26(33)36-27(2,3)35-24)25(32)31-16-14-30(15-17-31)23-13-10-20(28)18-29-23/h8-13,18,22,24H,4-7,14-17H2,1-3H3/t22-,24+/m1/s1. The fourth-order valence-corrected chi connectivity index (χ4v) is 4.75. The molecule has 3 heterocycles. The van der Waals surface area contributed by atoms with Crippen LogP contribution in [0.3, 0.4) is 0 Å². The van der Waals surface area contributed by atoms with Crippen LogP contribution in [0, 0.1) is 5.92 Å². The third-order valence-electron chi connectivity index (χ3n) is 6.48. The highest BCUT2D eigenvalue weighted by molar-refractivity contribution is 6.30. The van der Waals surface area contributed by atoms with E-state index in [4.69, 9.17) is 30.8 Å². The summed E-state index contributed by atoms with van der Waals surface area (Å²) in [6, 6.07) is 11.3. The molecule has 1 aromatic heterocycles. The first kappa shape index (κ1) is 27.2. The van der Waals surface area contributed by atoms with Gasteiger partial charge in [0.15, 0.2) is 11.9 Å². The lowest BCUT2D eigenvalue weighted by Crippen LogP contribution is -2.52. The molecular formula is C27H34ClN3O6. The number of pyridine rings is 1. The van der Waals surface area contributed by atoms with Crippen LogP contribution < -0.4 is 9.79 Å². The fraction of sp³-hybridized carbons (Fsp3) is 0.519. The lowest BCUT2D eigenvalue weighted by Gasteiger charge is -2.37. The number of carbonyl (C=O) groups is 2.